The Hall–Kier alpha value is -0.380. The van der Waals surface area contributed by atoms with Crippen LogP contribution in [0.2, 0.25) is 0 Å². The number of nitrogens with two attached hydrogens (primary N) is 1. The van der Waals surface area contributed by atoms with Crippen molar-refractivity contribution >= 4 is 15.9 Å². The molecule has 2 N–H and O–H groups in total. The summed E-state index contributed by atoms with van der Waals surface area (Å²) in [6.45, 7) is 2.35. The van der Waals surface area contributed by atoms with E-state index >= 15 is 0 Å². The minimum Gasteiger partial charge on any atom is -0.328 e. The molecule has 2 bridgehead atoms. The quantitative estimate of drug-likeness (QED) is 0.896. The van der Waals surface area contributed by atoms with E-state index in [1.807, 2.05) is 0 Å². The van der Waals surface area contributed by atoms with Crippen LogP contribution >= 0.6 is 15.9 Å². The van der Waals surface area contributed by atoms with Crippen molar-refractivity contribution in [2.75, 3.05) is 0 Å². The molecule has 2 heterocycles. The molecule has 3 unspecified atom stereocenters. The van der Waals surface area contributed by atoms with E-state index in [4.69, 9.17) is 5.73 Å². The van der Waals surface area contributed by atoms with Gasteiger partial charge in [0, 0.05) is 28.6 Å². The summed E-state index contributed by atoms with van der Waals surface area (Å²) in [7, 11) is 0. The molecule has 0 amide bonds. The Morgan fingerprint density at radius 3 is 2.58 bits per heavy atom. The number of rotatable bonds is 2. The zero-order chi connectivity index (χ0) is 13.4. The smallest absolute Gasteiger partial charge is 0.0326 e. The maximum atomic E-state index is 6.22. The molecule has 0 spiro atoms. The molecule has 0 radical (unpaired) electrons. The maximum absolute atomic E-state index is 6.22. The van der Waals surface area contributed by atoms with Crippen molar-refractivity contribution in [1.82, 2.24) is 4.90 Å². The van der Waals surface area contributed by atoms with Gasteiger partial charge in [-0.15, -0.1) is 0 Å². The van der Waals surface area contributed by atoms with Crippen LogP contribution < -0.4 is 5.73 Å². The molecule has 19 heavy (non-hydrogen) atoms. The largest absolute Gasteiger partial charge is 0.328 e. The number of halogens is 1. The summed E-state index contributed by atoms with van der Waals surface area (Å²) in [5.41, 5.74) is 7.63. The van der Waals surface area contributed by atoms with Crippen LogP contribution in [0.1, 0.15) is 50.6 Å². The van der Waals surface area contributed by atoms with Gasteiger partial charge in [0.2, 0.25) is 0 Å². The number of nitrogens with zero attached hydrogens (tertiary/aromatic N) is 1. The highest BCUT2D eigenvalue weighted by Gasteiger charge is 2.39. The van der Waals surface area contributed by atoms with Crippen molar-refractivity contribution in [3.05, 3.63) is 34.3 Å². The van der Waals surface area contributed by atoms with Crippen LogP contribution in [-0.4, -0.2) is 23.0 Å². The lowest BCUT2D eigenvalue weighted by atomic mass is 9.80. The Bertz CT molecular complexity index is 434. The summed E-state index contributed by atoms with van der Waals surface area (Å²) in [6, 6.07) is 11.0. The minimum absolute atomic E-state index is 0.418. The third kappa shape index (κ3) is 2.74. The van der Waals surface area contributed by atoms with E-state index in [0.717, 1.165) is 0 Å². The van der Waals surface area contributed by atoms with E-state index in [2.05, 4.69) is 52.0 Å². The summed E-state index contributed by atoms with van der Waals surface area (Å²) in [4.78, 5) is 2.74. The van der Waals surface area contributed by atoms with Crippen molar-refractivity contribution in [3.63, 3.8) is 0 Å². The van der Waals surface area contributed by atoms with E-state index in [-0.39, 0.29) is 0 Å². The van der Waals surface area contributed by atoms with Crippen molar-refractivity contribution < 1.29 is 0 Å². The molecule has 0 aliphatic carbocycles. The van der Waals surface area contributed by atoms with Gasteiger partial charge in [-0.05, 0) is 50.3 Å². The van der Waals surface area contributed by atoms with Gasteiger partial charge in [0.05, 0.1) is 0 Å². The molecule has 1 aromatic carbocycles. The highest BCUT2D eigenvalue weighted by atomic mass is 79.9. The van der Waals surface area contributed by atoms with Gasteiger partial charge < -0.3 is 5.73 Å². The van der Waals surface area contributed by atoms with Crippen molar-refractivity contribution in [2.45, 2.75) is 63.2 Å². The predicted octanol–water partition coefficient (Wildman–Crippen LogP) is 3.85. The topological polar surface area (TPSA) is 29.3 Å². The Morgan fingerprint density at radius 1 is 1.26 bits per heavy atom. The Morgan fingerprint density at radius 2 is 1.95 bits per heavy atom. The van der Waals surface area contributed by atoms with E-state index in [1.165, 1.54) is 42.1 Å². The molecule has 2 nitrogen and oxygen atoms in total. The van der Waals surface area contributed by atoms with Crippen LogP contribution in [0, 0.1) is 0 Å². The Kier molecular flexibility index (Phi) is 3.97. The van der Waals surface area contributed by atoms with Gasteiger partial charge in [-0.25, -0.2) is 0 Å². The molecule has 3 atom stereocenters. The highest BCUT2D eigenvalue weighted by Crippen LogP contribution is 2.39. The SMILES string of the molecule is CC(c1cccc(Br)c1)N1C2CCCC1CC(N)C2. The zero-order valence-corrected chi connectivity index (χ0v) is 13.1. The van der Waals surface area contributed by atoms with E-state index in [9.17, 15) is 0 Å². The summed E-state index contributed by atoms with van der Waals surface area (Å²) in [5.74, 6) is 0. The number of hydrogen-bond acceptors (Lipinski definition) is 2. The second-order valence-electron chi connectivity index (χ2n) is 6.15. The lowest BCUT2D eigenvalue weighted by molar-refractivity contribution is -0.000526. The second kappa shape index (κ2) is 5.55. The second-order valence-corrected chi connectivity index (χ2v) is 7.06. The molecule has 0 aromatic heterocycles. The van der Waals surface area contributed by atoms with Gasteiger partial charge in [-0.3, -0.25) is 4.90 Å². The first kappa shape index (κ1) is 13.6. The molecular formula is C16H23BrN2. The fourth-order valence-electron chi connectivity index (χ4n) is 4.03. The molecule has 104 valence electrons. The molecule has 0 saturated carbocycles. The van der Waals surface area contributed by atoms with Gasteiger partial charge in [0.1, 0.15) is 0 Å². The van der Waals surface area contributed by atoms with Gasteiger partial charge in [0.25, 0.3) is 0 Å². The Labute approximate surface area is 124 Å². The van der Waals surface area contributed by atoms with E-state index < -0.39 is 0 Å². The third-order valence-corrected chi connectivity index (χ3v) is 5.34. The monoisotopic (exact) mass is 322 g/mol. The number of fused-ring (bicyclic) bond motifs is 2. The van der Waals surface area contributed by atoms with Gasteiger partial charge >= 0.3 is 0 Å². The fourth-order valence-corrected chi connectivity index (χ4v) is 4.45. The average molecular weight is 323 g/mol. The van der Waals surface area contributed by atoms with E-state index in [1.54, 1.807) is 0 Å². The standard InChI is InChI=1S/C16H23BrN2/c1-11(12-4-2-5-13(17)8-12)19-15-6-3-7-16(19)10-14(18)9-15/h2,4-5,8,11,14-16H,3,6-7,9-10,18H2,1H3. The minimum atomic E-state index is 0.418. The molecule has 2 saturated heterocycles. The predicted molar refractivity (Wildman–Crippen MR) is 83.0 cm³/mol. The van der Waals surface area contributed by atoms with E-state index in [0.29, 0.717) is 24.2 Å². The summed E-state index contributed by atoms with van der Waals surface area (Å²) in [5, 5.41) is 0. The first-order valence-electron chi connectivity index (χ1n) is 7.43. The molecule has 2 aliphatic rings. The molecule has 3 heteroatoms. The molecule has 3 rings (SSSR count). The fraction of sp³-hybridized carbons (Fsp3) is 0.625. The van der Waals surface area contributed by atoms with Crippen LogP contribution in [0.25, 0.3) is 0 Å². The molecule has 1 aromatic rings. The highest BCUT2D eigenvalue weighted by molar-refractivity contribution is 9.10. The molecular weight excluding hydrogens is 300 g/mol. The maximum Gasteiger partial charge on any atom is 0.0326 e. The zero-order valence-electron chi connectivity index (χ0n) is 11.6. The van der Waals surface area contributed by atoms with Crippen LogP contribution in [0.15, 0.2) is 28.7 Å². The number of benzene rings is 1. The van der Waals surface area contributed by atoms with Crippen LogP contribution in [0.3, 0.4) is 0 Å². The van der Waals surface area contributed by atoms with Crippen molar-refractivity contribution in [1.29, 1.82) is 0 Å². The van der Waals surface area contributed by atoms with Crippen LogP contribution in [-0.2, 0) is 0 Å². The lowest BCUT2D eigenvalue weighted by Crippen LogP contribution is -2.55. The van der Waals surface area contributed by atoms with Crippen molar-refractivity contribution in [3.8, 4) is 0 Å². The average Bonchev–Trinajstić information content (AvgIpc) is 2.37. The third-order valence-electron chi connectivity index (χ3n) is 4.85. The summed E-state index contributed by atoms with van der Waals surface area (Å²) < 4.78 is 1.18. The van der Waals surface area contributed by atoms with Gasteiger partial charge in [-0.2, -0.15) is 0 Å². The summed E-state index contributed by atoms with van der Waals surface area (Å²) >= 11 is 3.59. The first-order chi connectivity index (χ1) is 9.15. The molecule has 2 aliphatic heterocycles. The Balaban J connectivity index is 1.84. The summed E-state index contributed by atoms with van der Waals surface area (Å²) in [6.07, 6.45) is 6.37. The molecule has 2 fully saturated rings. The number of piperidine rings is 2. The lowest BCUT2D eigenvalue weighted by Gasteiger charge is -2.51. The van der Waals surface area contributed by atoms with Gasteiger partial charge in [-0.1, -0.05) is 34.5 Å². The van der Waals surface area contributed by atoms with Gasteiger partial charge in [0.15, 0.2) is 0 Å². The first-order valence-corrected chi connectivity index (χ1v) is 8.23. The normalized spacial score (nSPS) is 33.1. The number of hydrogen-bond donors (Lipinski definition) is 1. The van der Waals surface area contributed by atoms with Crippen LogP contribution in [0.5, 0.6) is 0 Å². The van der Waals surface area contributed by atoms with Crippen molar-refractivity contribution in [2.24, 2.45) is 5.73 Å². The van der Waals surface area contributed by atoms with Crippen LogP contribution in [0.4, 0.5) is 0 Å².